The lowest BCUT2D eigenvalue weighted by atomic mass is 10.0. The third-order valence-electron chi connectivity index (χ3n) is 2.82. The molecule has 0 radical (unpaired) electrons. The van der Waals surface area contributed by atoms with Crippen LogP contribution in [-0.2, 0) is 11.2 Å². The maximum Gasteiger partial charge on any atom is 0.230 e. The SMILES string of the molecule is C=CCC(=O)N1CCCc2cccc(O)c21. The average Bonchev–Trinajstić information content (AvgIpc) is 2.29. The fraction of sp³-hybridized carbons (Fsp3) is 0.308. The molecule has 1 aromatic carbocycles. The van der Waals surface area contributed by atoms with Gasteiger partial charge in [-0.05, 0) is 24.5 Å². The minimum Gasteiger partial charge on any atom is -0.506 e. The zero-order chi connectivity index (χ0) is 11.5. The summed E-state index contributed by atoms with van der Waals surface area (Å²) in [7, 11) is 0. The molecule has 0 aromatic heterocycles. The quantitative estimate of drug-likeness (QED) is 0.772. The van der Waals surface area contributed by atoms with Crippen molar-refractivity contribution in [1.29, 1.82) is 0 Å². The number of phenols is 1. The fourth-order valence-electron chi connectivity index (χ4n) is 2.11. The molecular formula is C13H15NO2. The van der Waals surface area contributed by atoms with Crippen molar-refractivity contribution in [1.82, 2.24) is 0 Å². The molecule has 0 fully saturated rings. The van der Waals surface area contributed by atoms with Gasteiger partial charge in [0.05, 0.1) is 5.69 Å². The third-order valence-corrected chi connectivity index (χ3v) is 2.82. The van der Waals surface area contributed by atoms with Gasteiger partial charge < -0.3 is 10.0 Å². The van der Waals surface area contributed by atoms with Gasteiger partial charge in [-0.25, -0.2) is 0 Å². The first-order valence-corrected chi connectivity index (χ1v) is 5.46. The molecule has 1 aliphatic heterocycles. The highest BCUT2D eigenvalue weighted by Gasteiger charge is 2.24. The molecule has 0 bridgehead atoms. The Labute approximate surface area is 95.0 Å². The molecule has 1 amide bonds. The van der Waals surface area contributed by atoms with Gasteiger partial charge in [-0.3, -0.25) is 4.79 Å². The van der Waals surface area contributed by atoms with E-state index < -0.39 is 0 Å². The first kappa shape index (κ1) is 10.7. The van der Waals surface area contributed by atoms with Crippen LogP contribution >= 0.6 is 0 Å². The molecule has 0 unspecified atom stereocenters. The Morgan fingerprint density at radius 3 is 3.12 bits per heavy atom. The van der Waals surface area contributed by atoms with Crippen molar-refractivity contribution in [2.75, 3.05) is 11.4 Å². The number of amides is 1. The van der Waals surface area contributed by atoms with Crippen LogP contribution in [-0.4, -0.2) is 17.6 Å². The highest BCUT2D eigenvalue weighted by Crippen LogP contribution is 2.35. The van der Waals surface area contributed by atoms with Crippen LogP contribution in [0.5, 0.6) is 5.75 Å². The van der Waals surface area contributed by atoms with Crippen molar-refractivity contribution in [2.24, 2.45) is 0 Å². The topological polar surface area (TPSA) is 40.5 Å². The lowest BCUT2D eigenvalue weighted by Gasteiger charge is -2.29. The number of benzene rings is 1. The second kappa shape index (κ2) is 4.39. The number of carbonyl (C=O) groups is 1. The van der Waals surface area contributed by atoms with Gasteiger partial charge in [-0.2, -0.15) is 0 Å². The van der Waals surface area contributed by atoms with E-state index in [0.717, 1.165) is 18.4 Å². The summed E-state index contributed by atoms with van der Waals surface area (Å²) < 4.78 is 0. The number of anilines is 1. The molecule has 2 rings (SSSR count). The van der Waals surface area contributed by atoms with Gasteiger partial charge in [-0.1, -0.05) is 18.2 Å². The van der Waals surface area contributed by atoms with E-state index in [1.165, 1.54) is 0 Å². The predicted octanol–water partition coefficient (Wildman–Crippen LogP) is 2.25. The van der Waals surface area contributed by atoms with Crippen LogP contribution in [0.3, 0.4) is 0 Å². The lowest BCUT2D eigenvalue weighted by molar-refractivity contribution is -0.117. The molecule has 1 N–H and O–H groups in total. The number of para-hydroxylation sites is 1. The number of fused-ring (bicyclic) bond motifs is 1. The van der Waals surface area contributed by atoms with Crippen LogP contribution in [0.1, 0.15) is 18.4 Å². The number of aryl methyl sites for hydroxylation is 1. The Balaban J connectivity index is 2.39. The lowest BCUT2D eigenvalue weighted by Crippen LogP contribution is -2.35. The summed E-state index contributed by atoms with van der Waals surface area (Å²) in [4.78, 5) is 13.5. The number of carbonyl (C=O) groups excluding carboxylic acids is 1. The number of nitrogens with zero attached hydrogens (tertiary/aromatic N) is 1. The van der Waals surface area contributed by atoms with Gasteiger partial charge in [0, 0.05) is 13.0 Å². The van der Waals surface area contributed by atoms with Crippen molar-refractivity contribution >= 4 is 11.6 Å². The minimum atomic E-state index is -0.00236. The number of aromatic hydroxyl groups is 1. The molecule has 84 valence electrons. The van der Waals surface area contributed by atoms with E-state index in [2.05, 4.69) is 6.58 Å². The van der Waals surface area contributed by atoms with E-state index in [9.17, 15) is 9.90 Å². The number of rotatable bonds is 2. The van der Waals surface area contributed by atoms with Crippen LogP contribution in [0, 0.1) is 0 Å². The minimum absolute atomic E-state index is 0.00236. The Hall–Kier alpha value is -1.77. The predicted molar refractivity (Wildman–Crippen MR) is 63.6 cm³/mol. The summed E-state index contributed by atoms with van der Waals surface area (Å²) in [6.45, 7) is 4.24. The van der Waals surface area contributed by atoms with Crippen LogP contribution in [0.15, 0.2) is 30.9 Å². The van der Waals surface area contributed by atoms with E-state index in [0.29, 0.717) is 18.7 Å². The van der Waals surface area contributed by atoms with Crippen molar-refractivity contribution in [3.05, 3.63) is 36.4 Å². The summed E-state index contributed by atoms with van der Waals surface area (Å²) in [6.07, 6.45) is 3.77. The molecule has 0 saturated heterocycles. The normalized spacial score (nSPS) is 14.4. The number of hydrogen-bond acceptors (Lipinski definition) is 2. The van der Waals surface area contributed by atoms with Gasteiger partial charge in [0.25, 0.3) is 0 Å². The summed E-state index contributed by atoms with van der Waals surface area (Å²) in [5.41, 5.74) is 1.73. The Bertz CT molecular complexity index is 426. The molecule has 0 spiro atoms. The Morgan fingerprint density at radius 1 is 1.56 bits per heavy atom. The summed E-state index contributed by atoms with van der Waals surface area (Å²) >= 11 is 0. The van der Waals surface area contributed by atoms with E-state index >= 15 is 0 Å². The van der Waals surface area contributed by atoms with E-state index in [4.69, 9.17) is 0 Å². The smallest absolute Gasteiger partial charge is 0.230 e. The van der Waals surface area contributed by atoms with Gasteiger partial charge in [0.2, 0.25) is 5.91 Å². The highest BCUT2D eigenvalue weighted by atomic mass is 16.3. The molecule has 3 heteroatoms. The summed E-state index contributed by atoms with van der Waals surface area (Å²) in [5.74, 6) is 0.187. The Morgan fingerprint density at radius 2 is 2.38 bits per heavy atom. The van der Waals surface area contributed by atoms with Crippen molar-refractivity contribution < 1.29 is 9.90 Å². The maximum atomic E-state index is 11.9. The maximum absolute atomic E-state index is 11.9. The highest BCUT2D eigenvalue weighted by molar-refractivity contribution is 5.96. The van der Waals surface area contributed by atoms with E-state index in [1.54, 1.807) is 17.0 Å². The zero-order valence-corrected chi connectivity index (χ0v) is 9.15. The molecule has 0 aliphatic carbocycles. The van der Waals surface area contributed by atoms with Gasteiger partial charge in [0.15, 0.2) is 0 Å². The largest absolute Gasteiger partial charge is 0.506 e. The first-order valence-electron chi connectivity index (χ1n) is 5.46. The molecule has 16 heavy (non-hydrogen) atoms. The molecule has 0 saturated carbocycles. The van der Waals surface area contributed by atoms with Gasteiger partial charge in [0.1, 0.15) is 5.75 Å². The molecular weight excluding hydrogens is 202 g/mol. The average molecular weight is 217 g/mol. The van der Waals surface area contributed by atoms with Crippen LogP contribution in [0.4, 0.5) is 5.69 Å². The van der Waals surface area contributed by atoms with Crippen molar-refractivity contribution in [3.63, 3.8) is 0 Å². The Kier molecular flexibility index (Phi) is 2.95. The van der Waals surface area contributed by atoms with Crippen LogP contribution in [0.25, 0.3) is 0 Å². The van der Waals surface area contributed by atoms with E-state index in [-0.39, 0.29) is 11.7 Å². The molecule has 0 atom stereocenters. The molecule has 3 nitrogen and oxygen atoms in total. The monoisotopic (exact) mass is 217 g/mol. The fourth-order valence-corrected chi connectivity index (χ4v) is 2.11. The molecule has 1 aromatic rings. The van der Waals surface area contributed by atoms with Gasteiger partial charge >= 0.3 is 0 Å². The third kappa shape index (κ3) is 1.81. The standard InChI is InChI=1S/C13H15NO2/c1-2-5-12(16)14-9-4-7-10-6-3-8-11(15)13(10)14/h2-3,6,8,15H,1,4-5,7,9H2. The molecule has 1 aliphatic rings. The second-order valence-corrected chi connectivity index (χ2v) is 3.93. The number of hydrogen-bond donors (Lipinski definition) is 1. The summed E-state index contributed by atoms with van der Waals surface area (Å²) in [6, 6.07) is 5.40. The van der Waals surface area contributed by atoms with Crippen LogP contribution < -0.4 is 4.90 Å². The summed E-state index contributed by atoms with van der Waals surface area (Å²) in [5, 5.41) is 9.82. The van der Waals surface area contributed by atoms with E-state index in [1.807, 2.05) is 12.1 Å². The second-order valence-electron chi connectivity index (χ2n) is 3.93. The first-order chi connectivity index (χ1) is 7.74. The zero-order valence-electron chi connectivity index (χ0n) is 9.15. The molecule has 1 heterocycles. The van der Waals surface area contributed by atoms with Crippen molar-refractivity contribution in [2.45, 2.75) is 19.3 Å². The van der Waals surface area contributed by atoms with Crippen LogP contribution in [0.2, 0.25) is 0 Å². The van der Waals surface area contributed by atoms with Gasteiger partial charge in [-0.15, -0.1) is 6.58 Å². The number of phenolic OH excluding ortho intramolecular Hbond substituents is 1. The van der Waals surface area contributed by atoms with Crippen molar-refractivity contribution in [3.8, 4) is 5.75 Å².